The number of hydrogen-bond acceptors (Lipinski definition) is 9. The van der Waals surface area contributed by atoms with E-state index in [1.54, 1.807) is 33.0 Å². The van der Waals surface area contributed by atoms with E-state index in [1.165, 1.54) is 11.3 Å². The normalized spacial score (nSPS) is 19.2. The van der Waals surface area contributed by atoms with Gasteiger partial charge in [-0.1, -0.05) is 17.4 Å². The van der Waals surface area contributed by atoms with Crippen molar-refractivity contribution in [2.45, 2.75) is 12.2 Å². The molecule has 0 bridgehead atoms. The van der Waals surface area contributed by atoms with Crippen molar-refractivity contribution in [1.29, 1.82) is 0 Å². The number of anilines is 1. The van der Waals surface area contributed by atoms with Gasteiger partial charge in [0.25, 0.3) is 0 Å². The topological polar surface area (TPSA) is 106 Å². The summed E-state index contributed by atoms with van der Waals surface area (Å²) in [5.74, 6) is 1.80. The van der Waals surface area contributed by atoms with Gasteiger partial charge in [-0.2, -0.15) is 9.61 Å². The number of fused-ring (bicyclic) bond motifs is 1. The van der Waals surface area contributed by atoms with Crippen LogP contribution in [-0.2, 0) is 14.2 Å². The van der Waals surface area contributed by atoms with Crippen molar-refractivity contribution < 1.29 is 18.9 Å². The lowest BCUT2D eigenvalue weighted by Gasteiger charge is -2.28. The third-order valence-corrected chi connectivity index (χ3v) is 5.68. The highest BCUT2D eigenvalue weighted by Crippen LogP contribution is 2.34. The summed E-state index contributed by atoms with van der Waals surface area (Å²) in [5.41, 5.74) is 8.20. The van der Waals surface area contributed by atoms with Crippen molar-refractivity contribution in [3.05, 3.63) is 41.9 Å². The Kier molecular flexibility index (Phi) is 5.22. The van der Waals surface area contributed by atoms with Gasteiger partial charge in [0.1, 0.15) is 28.7 Å². The van der Waals surface area contributed by atoms with Crippen LogP contribution in [-0.4, -0.2) is 60.5 Å². The lowest BCUT2D eigenvalue weighted by Crippen LogP contribution is -2.33. The fourth-order valence-electron chi connectivity index (χ4n) is 3.30. The van der Waals surface area contributed by atoms with E-state index in [0.29, 0.717) is 28.0 Å². The van der Waals surface area contributed by atoms with Gasteiger partial charge < -0.3 is 24.7 Å². The lowest BCUT2D eigenvalue weighted by molar-refractivity contribution is -0.0174. The Labute approximate surface area is 171 Å². The summed E-state index contributed by atoms with van der Waals surface area (Å²) in [4.78, 5) is 0.656. The first-order chi connectivity index (χ1) is 14.1. The van der Waals surface area contributed by atoms with Gasteiger partial charge >= 0.3 is 0 Å². The van der Waals surface area contributed by atoms with E-state index in [4.69, 9.17) is 29.8 Å². The van der Waals surface area contributed by atoms with Crippen molar-refractivity contribution in [1.82, 2.24) is 19.8 Å². The van der Waals surface area contributed by atoms with Crippen molar-refractivity contribution in [3.63, 3.8) is 0 Å². The highest BCUT2D eigenvalue weighted by molar-refractivity contribution is 7.19. The van der Waals surface area contributed by atoms with Gasteiger partial charge in [0.2, 0.25) is 4.96 Å². The van der Waals surface area contributed by atoms with Gasteiger partial charge in [-0.15, -0.1) is 10.2 Å². The van der Waals surface area contributed by atoms with Crippen LogP contribution in [0.4, 0.5) is 5.69 Å². The molecule has 2 aromatic heterocycles. The van der Waals surface area contributed by atoms with Crippen LogP contribution >= 0.6 is 11.3 Å². The molecule has 29 heavy (non-hydrogen) atoms. The van der Waals surface area contributed by atoms with Crippen LogP contribution in [0.25, 0.3) is 21.1 Å². The summed E-state index contributed by atoms with van der Waals surface area (Å²) in [7, 11) is 6.42. The van der Waals surface area contributed by atoms with E-state index in [9.17, 15) is 0 Å². The van der Waals surface area contributed by atoms with Crippen LogP contribution < -0.4 is 10.5 Å². The second kappa shape index (κ2) is 7.82. The zero-order chi connectivity index (χ0) is 20.5. The van der Waals surface area contributed by atoms with E-state index < -0.39 is 6.10 Å². The molecule has 0 fully saturated rings. The van der Waals surface area contributed by atoms with Crippen molar-refractivity contribution in [3.8, 4) is 16.3 Å². The number of hydrogen-bond donors (Lipinski definition) is 1. The number of ether oxygens (including phenoxy) is 4. The molecule has 0 radical (unpaired) electrons. The summed E-state index contributed by atoms with van der Waals surface area (Å²) in [5, 5.41) is 14.0. The zero-order valence-electron chi connectivity index (χ0n) is 16.4. The Morgan fingerprint density at radius 3 is 2.55 bits per heavy atom. The average Bonchev–Trinajstić information content (AvgIpc) is 3.33. The molecule has 10 heteroatoms. The standard InChI is InChI=1S/C19H21N5O4S/c1-25-13-7-5-10(9-12(13)20)18-23-24-17(21-22-19(24)29-18)11-6-8-14(26-2)16(28-4)15(11)27-3/h5-9,14,16H,20H2,1-4H3. The lowest BCUT2D eigenvalue weighted by atomic mass is 9.99. The Morgan fingerprint density at radius 2 is 1.90 bits per heavy atom. The maximum absolute atomic E-state index is 6.04. The van der Waals surface area contributed by atoms with Gasteiger partial charge in [0.15, 0.2) is 5.82 Å². The minimum Gasteiger partial charge on any atom is -0.497 e. The van der Waals surface area contributed by atoms with Crippen LogP contribution in [0.2, 0.25) is 0 Å². The molecule has 0 aliphatic heterocycles. The van der Waals surface area contributed by atoms with E-state index >= 15 is 0 Å². The highest BCUT2D eigenvalue weighted by atomic mass is 32.1. The predicted molar refractivity (Wildman–Crippen MR) is 110 cm³/mol. The Bertz CT molecular complexity index is 1100. The molecule has 2 heterocycles. The molecule has 1 aliphatic rings. The van der Waals surface area contributed by atoms with E-state index in [2.05, 4.69) is 10.2 Å². The largest absolute Gasteiger partial charge is 0.497 e. The maximum Gasteiger partial charge on any atom is 0.235 e. The molecule has 3 aromatic rings. The number of methoxy groups -OCH3 is 4. The minimum atomic E-state index is -0.392. The third kappa shape index (κ3) is 3.24. The van der Waals surface area contributed by atoms with Gasteiger partial charge in [0, 0.05) is 19.8 Å². The molecule has 4 rings (SSSR count). The second-order valence-electron chi connectivity index (χ2n) is 6.28. The number of nitrogens with two attached hydrogens (primary N) is 1. The molecule has 152 valence electrons. The Morgan fingerprint density at radius 1 is 1.07 bits per heavy atom. The van der Waals surface area contributed by atoms with Gasteiger partial charge in [-0.25, -0.2) is 0 Å². The fraction of sp³-hybridized carbons (Fsp3) is 0.316. The number of rotatable bonds is 6. The molecule has 0 saturated heterocycles. The fourth-order valence-corrected chi connectivity index (χ4v) is 4.14. The Hall–Kier alpha value is -2.95. The molecule has 2 atom stereocenters. The zero-order valence-corrected chi connectivity index (χ0v) is 17.3. The quantitative estimate of drug-likeness (QED) is 0.612. The second-order valence-corrected chi connectivity index (χ2v) is 7.24. The van der Waals surface area contributed by atoms with Crippen LogP contribution in [0.3, 0.4) is 0 Å². The number of benzene rings is 1. The molecule has 0 amide bonds. The van der Waals surface area contributed by atoms with Crippen LogP contribution in [0.15, 0.2) is 36.1 Å². The smallest absolute Gasteiger partial charge is 0.235 e. The summed E-state index contributed by atoms with van der Waals surface area (Å²) < 4.78 is 23.6. The van der Waals surface area contributed by atoms with Crippen LogP contribution in [0.5, 0.6) is 5.75 Å². The first-order valence-corrected chi connectivity index (χ1v) is 9.61. The average molecular weight is 415 g/mol. The monoisotopic (exact) mass is 415 g/mol. The van der Waals surface area contributed by atoms with Crippen molar-refractivity contribution in [2.75, 3.05) is 34.2 Å². The van der Waals surface area contributed by atoms with Gasteiger partial charge in [0.05, 0.1) is 25.5 Å². The number of allylic oxidation sites excluding steroid dienone is 2. The third-order valence-electron chi connectivity index (χ3n) is 4.73. The van der Waals surface area contributed by atoms with Crippen molar-refractivity contribution >= 4 is 27.6 Å². The van der Waals surface area contributed by atoms with E-state index in [-0.39, 0.29) is 6.10 Å². The SMILES string of the molecule is COC1=C(c2nnc3sc(-c4ccc(OC)c(N)c4)nn23)C=CC(OC)C1OC. The first-order valence-electron chi connectivity index (χ1n) is 8.79. The summed E-state index contributed by atoms with van der Waals surface area (Å²) in [6, 6.07) is 5.55. The Balaban J connectivity index is 1.79. The van der Waals surface area contributed by atoms with Crippen LogP contribution in [0.1, 0.15) is 5.82 Å². The molecule has 0 saturated carbocycles. The van der Waals surface area contributed by atoms with E-state index in [1.807, 2.05) is 30.4 Å². The summed E-state index contributed by atoms with van der Waals surface area (Å²) in [6.45, 7) is 0. The number of nitrogens with zero attached hydrogens (tertiary/aromatic N) is 4. The molecule has 9 nitrogen and oxygen atoms in total. The molecule has 1 aliphatic carbocycles. The molecule has 2 N–H and O–H groups in total. The molecule has 1 aromatic carbocycles. The van der Waals surface area contributed by atoms with E-state index in [0.717, 1.165) is 16.1 Å². The minimum absolute atomic E-state index is 0.254. The van der Waals surface area contributed by atoms with Crippen molar-refractivity contribution in [2.24, 2.45) is 0 Å². The number of nitrogen functional groups attached to an aromatic ring is 1. The molecular weight excluding hydrogens is 394 g/mol. The predicted octanol–water partition coefficient (Wildman–Crippen LogP) is 2.40. The summed E-state index contributed by atoms with van der Waals surface area (Å²) in [6.07, 6.45) is 3.15. The molecule has 0 spiro atoms. The molecular formula is C19H21N5O4S. The van der Waals surface area contributed by atoms with Gasteiger partial charge in [-0.3, -0.25) is 0 Å². The van der Waals surface area contributed by atoms with Crippen LogP contribution in [0, 0.1) is 0 Å². The number of aromatic nitrogens is 4. The highest BCUT2D eigenvalue weighted by Gasteiger charge is 2.32. The molecule has 2 unspecified atom stereocenters. The van der Waals surface area contributed by atoms with Gasteiger partial charge in [-0.05, 0) is 24.3 Å². The first kappa shape index (κ1) is 19.4. The summed E-state index contributed by atoms with van der Waals surface area (Å²) >= 11 is 1.42. The maximum atomic E-state index is 6.04.